The second-order valence-corrected chi connectivity index (χ2v) is 13.0. The molecular weight excluding hydrogens is 584 g/mol. The van der Waals surface area contributed by atoms with Crippen LogP contribution in [0.1, 0.15) is 61.9 Å². The van der Waals surface area contributed by atoms with Crippen LogP contribution in [0.3, 0.4) is 0 Å². The van der Waals surface area contributed by atoms with Crippen LogP contribution >= 0.6 is 0 Å². The molecule has 1 fully saturated rings. The average Bonchev–Trinajstić information content (AvgIpc) is 3.72. The second-order valence-electron chi connectivity index (χ2n) is 13.0. The molecule has 0 amide bonds. The molecule has 1 aliphatic heterocycles. The number of anilines is 2. The van der Waals surface area contributed by atoms with Crippen LogP contribution in [0.2, 0.25) is 0 Å². The van der Waals surface area contributed by atoms with Crippen molar-refractivity contribution >= 4 is 22.3 Å². The molecule has 0 saturated heterocycles. The van der Waals surface area contributed by atoms with Gasteiger partial charge in [-0.1, -0.05) is 39.0 Å². The molecule has 1 atom stereocenters. The van der Waals surface area contributed by atoms with Gasteiger partial charge in [-0.3, -0.25) is 15.0 Å². The van der Waals surface area contributed by atoms with Crippen molar-refractivity contribution in [1.29, 1.82) is 10.5 Å². The summed E-state index contributed by atoms with van der Waals surface area (Å²) in [6.07, 6.45) is 4.92. The fraction of sp³-hybridized carbons (Fsp3) is 0.314. The Hall–Kier alpha value is -5.26. The standard InChI is InChI=1S/C35H35F2N9/c1-21-26(22-8-12-40-13-9-22)6-5-7-27(21)32(29-19-46(45-44-29)35(10-11-35)33(36)37)43-25-14-23(16-38)30-28(15-25)31(24(17-39)18-41-30)42-20-34(2,3)4/h5-9,12-15,18-19,32-33,43-45H,10-11,20H2,1-4H3,(H,41,42)/t32-/m0/s1. The Balaban J connectivity index is 1.48. The maximum Gasteiger partial charge on any atom is 0.262 e. The lowest BCUT2D eigenvalue weighted by molar-refractivity contribution is 0.00911. The quantitative estimate of drug-likeness (QED) is 0.158. The predicted molar refractivity (Wildman–Crippen MR) is 174 cm³/mol. The lowest BCUT2D eigenvalue weighted by atomic mass is 9.91. The van der Waals surface area contributed by atoms with Crippen molar-refractivity contribution in [3.63, 3.8) is 0 Å². The summed E-state index contributed by atoms with van der Waals surface area (Å²) in [6, 6.07) is 17.5. The van der Waals surface area contributed by atoms with E-state index in [4.69, 9.17) is 0 Å². The molecule has 2 aliphatic rings. The van der Waals surface area contributed by atoms with Gasteiger partial charge in [-0.2, -0.15) is 10.5 Å². The van der Waals surface area contributed by atoms with E-state index >= 15 is 0 Å². The van der Waals surface area contributed by atoms with Gasteiger partial charge in [-0.05, 0) is 71.7 Å². The van der Waals surface area contributed by atoms with Crippen molar-refractivity contribution in [3.05, 3.63) is 95.2 Å². The van der Waals surface area contributed by atoms with Gasteiger partial charge in [0.05, 0.1) is 34.1 Å². The van der Waals surface area contributed by atoms with Gasteiger partial charge >= 0.3 is 0 Å². The third kappa shape index (κ3) is 5.78. The number of pyridine rings is 2. The highest BCUT2D eigenvalue weighted by atomic mass is 19.3. The Morgan fingerprint density at radius 2 is 1.80 bits per heavy atom. The number of nitrogens with zero attached hydrogens (tertiary/aromatic N) is 5. The van der Waals surface area contributed by atoms with E-state index in [2.05, 4.69) is 64.5 Å². The summed E-state index contributed by atoms with van der Waals surface area (Å²) in [5.74, 6) is 0. The molecule has 4 N–H and O–H groups in total. The molecular formula is C35H35F2N9. The fourth-order valence-electron chi connectivity index (χ4n) is 5.81. The number of aromatic nitrogens is 2. The summed E-state index contributed by atoms with van der Waals surface area (Å²) in [4.78, 5) is 8.63. The zero-order valence-electron chi connectivity index (χ0n) is 26.1. The van der Waals surface area contributed by atoms with Crippen molar-refractivity contribution in [1.82, 2.24) is 25.9 Å². The van der Waals surface area contributed by atoms with Crippen LogP contribution in [0.25, 0.3) is 22.0 Å². The molecule has 234 valence electrons. The van der Waals surface area contributed by atoms with Crippen molar-refractivity contribution in [2.24, 2.45) is 5.41 Å². The first-order valence-corrected chi connectivity index (χ1v) is 15.1. The third-order valence-electron chi connectivity index (χ3n) is 8.54. The average molecular weight is 620 g/mol. The van der Waals surface area contributed by atoms with E-state index in [1.807, 2.05) is 43.3 Å². The van der Waals surface area contributed by atoms with Crippen LogP contribution < -0.4 is 21.6 Å². The van der Waals surface area contributed by atoms with E-state index in [1.54, 1.807) is 24.7 Å². The molecule has 3 heterocycles. The van der Waals surface area contributed by atoms with Gasteiger partial charge in [-0.25, -0.2) is 8.78 Å². The van der Waals surface area contributed by atoms with Crippen LogP contribution in [-0.2, 0) is 0 Å². The van der Waals surface area contributed by atoms with Gasteiger partial charge in [0.15, 0.2) is 0 Å². The smallest absolute Gasteiger partial charge is 0.262 e. The Morgan fingerprint density at radius 1 is 1.07 bits per heavy atom. The number of nitriles is 2. The molecule has 2 aromatic heterocycles. The molecule has 46 heavy (non-hydrogen) atoms. The first-order chi connectivity index (χ1) is 22.0. The van der Waals surface area contributed by atoms with E-state index in [0.29, 0.717) is 58.5 Å². The Bertz CT molecular complexity index is 1900. The maximum absolute atomic E-state index is 14.1. The largest absolute Gasteiger partial charge is 0.383 e. The lowest BCUT2D eigenvalue weighted by Crippen LogP contribution is -2.48. The minimum absolute atomic E-state index is 0.0741. The lowest BCUT2D eigenvalue weighted by Gasteiger charge is -2.25. The summed E-state index contributed by atoms with van der Waals surface area (Å²) in [7, 11) is 0. The number of nitrogens with one attached hydrogen (secondary N) is 4. The van der Waals surface area contributed by atoms with E-state index in [0.717, 1.165) is 22.3 Å². The molecule has 0 unspecified atom stereocenters. The molecule has 2 aromatic carbocycles. The summed E-state index contributed by atoms with van der Waals surface area (Å²) in [6.45, 7) is 8.90. The van der Waals surface area contributed by atoms with Gasteiger partial charge < -0.3 is 16.1 Å². The summed E-state index contributed by atoms with van der Waals surface area (Å²) < 4.78 is 28.1. The van der Waals surface area contributed by atoms with E-state index in [9.17, 15) is 19.3 Å². The highest BCUT2D eigenvalue weighted by molar-refractivity contribution is 5.99. The first kappa shape index (κ1) is 30.8. The van der Waals surface area contributed by atoms with Gasteiger partial charge in [-0.15, -0.1) is 5.53 Å². The van der Waals surface area contributed by atoms with Gasteiger partial charge in [0.25, 0.3) is 6.43 Å². The van der Waals surface area contributed by atoms with E-state index in [1.165, 1.54) is 11.2 Å². The number of hydrogen-bond donors (Lipinski definition) is 4. The fourth-order valence-corrected chi connectivity index (χ4v) is 5.81. The molecule has 1 saturated carbocycles. The Kier molecular flexibility index (Phi) is 7.97. The van der Waals surface area contributed by atoms with Crippen molar-refractivity contribution in [2.45, 2.75) is 58.5 Å². The highest BCUT2D eigenvalue weighted by Gasteiger charge is 2.56. The number of alkyl halides is 2. The number of halogens is 2. The molecule has 0 spiro atoms. The minimum atomic E-state index is -2.51. The van der Waals surface area contributed by atoms with Crippen LogP contribution in [0.4, 0.5) is 20.2 Å². The number of rotatable bonds is 9. The first-order valence-electron chi connectivity index (χ1n) is 15.1. The highest BCUT2D eigenvalue weighted by Crippen LogP contribution is 2.47. The maximum atomic E-state index is 14.1. The molecule has 4 aromatic rings. The molecule has 6 rings (SSSR count). The van der Waals surface area contributed by atoms with Crippen molar-refractivity contribution in [2.75, 3.05) is 17.2 Å². The molecule has 11 heteroatoms. The monoisotopic (exact) mass is 619 g/mol. The normalized spacial score (nSPS) is 15.9. The van der Waals surface area contributed by atoms with Crippen LogP contribution in [-0.4, -0.2) is 33.5 Å². The molecule has 0 radical (unpaired) electrons. The van der Waals surface area contributed by atoms with Gasteiger partial charge in [0.2, 0.25) is 0 Å². The van der Waals surface area contributed by atoms with E-state index < -0.39 is 18.0 Å². The Morgan fingerprint density at radius 3 is 2.46 bits per heavy atom. The zero-order valence-corrected chi connectivity index (χ0v) is 26.1. The minimum Gasteiger partial charge on any atom is -0.383 e. The van der Waals surface area contributed by atoms with Crippen LogP contribution in [0.15, 0.2) is 73.0 Å². The Labute approximate surface area is 266 Å². The number of hydrazine groups is 2. The predicted octanol–water partition coefficient (Wildman–Crippen LogP) is 6.92. The number of benzene rings is 2. The summed E-state index contributed by atoms with van der Waals surface area (Å²) in [5.41, 5.74) is 11.7. The van der Waals surface area contributed by atoms with Gasteiger partial charge in [0, 0.05) is 42.4 Å². The van der Waals surface area contributed by atoms with E-state index in [-0.39, 0.29) is 5.41 Å². The second kappa shape index (κ2) is 11.9. The molecule has 0 bridgehead atoms. The summed E-state index contributed by atoms with van der Waals surface area (Å²) >= 11 is 0. The summed E-state index contributed by atoms with van der Waals surface area (Å²) in [5, 5.41) is 29.2. The SMILES string of the molecule is Cc1c(-c2ccncc2)cccc1[C@H](Nc1cc(C#N)c2ncc(C#N)c(NCC(C)(C)C)c2c1)C1=CN(C2(C(F)F)CC2)NN1. The number of fused-ring (bicyclic) bond motifs is 1. The molecule has 1 aliphatic carbocycles. The van der Waals surface area contributed by atoms with Crippen molar-refractivity contribution in [3.8, 4) is 23.3 Å². The van der Waals surface area contributed by atoms with Crippen molar-refractivity contribution < 1.29 is 8.78 Å². The zero-order chi connectivity index (χ0) is 32.6. The van der Waals surface area contributed by atoms with Crippen LogP contribution in [0.5, 0.6) is 0 Å². The van der Waals surface area contributed by atoms with Crippen LogP contribution in [0, 0.1) is 35.0 Å². The third-order valence-corrected chi connectivity index (χ3v) is 8.54. The van der Waals surface area contributed by atoms with Gasteiger partial charge in [0.1, 0.15) is 17.7 Å². The number of hydrogen-bond acceptors (Lipinski definition) is 9. The molecule has 9 nitrogen and oxygen atoms in total. The topological polar surface area (TPSA) is 125 Å².